The molecule has 2 aromatic carbocycles. The fraction of sp³-hybridized carbons (Fsp3) is 0.250. The number of halogens is 1. The first-order valence-corrected chi connectivity index (χ1v) is 9.20. The van der Waals surface area contributed by atoms with Crippen LogP contribution in [0.3, 0.4) is 0 Å². The lowest BCUT2D eigenvalue weighted by Crippen LogP contribution is -2.13. The lowest BCUT2D eigenvalue weighted by atomic mass is 10.2. The largest absolute Gasteiger partial charge is 0.494 e. The molecule has 0 unspecified atom stereocenters. The Hall–Kier alpha value is -3.06. The van der Waals surface area contributed by atoms with Crippen LogP contribution in [0.2, 0.25) is 5.02 Å². The number of aryl methyl sites for hydroxylation is 2. The Morgan fingerprint density at radius 1 is 1.18 bits per heavy atom. The van der Waals surface area contributed by atoms with E-state index in [9.17, 15) is 4.79 Å². The number of hydrogen-bond acceptors (Lipinski definition) is 6. The minimum Gasteiger partial charge on any atom is -0.494 e. The zero-order valence-corrected chi connectivity index (χ0v) is 16.3. The van der Waals surface area contributed by atoms with E-state index in [1.165, 1.54) is 0 Å². The van der Waals surface area contributed by atoms with Gasteiger partial charge in [-0.05, 0) is 56.3 Å². The summed E-state index contributed by atoms with van der Waals surface area (Å²) in [7, 11) is 0. The first-order chi connectivity index (χ1) is 13.5. The van der Waals surface area contributed by atoms with Gasteiger partial charge >= 0.3 is 0 Å². The van der Waals surface area contributed by atoms with Crippen LogP contribution in [0.4, 0.5) is 5.69 Å². The summed E-state index contributed by atoms with van der Waals surface area (Å²) in [5.41, 5.74) is 0.480. The minimum absolute atomic E-state index is 0.191. The summed E-state index contributed by atoms with van der Waals surface area (Å²) in [5.74, 6) is 2.60. The number of benzene rings is 2. The van der Waals surface area contributed by atoms with E-state index in [4.69, 9.17) is 25.6 Å². The van der Waals surface area contributed by atoms with Crippen molar-refractivity contribution in [2.75, 3.05) is 11.9 Å². The van der Waals surface area contributed by atoms with Crippen LogP contribution in [0, 0.1) is 6.92 Å². The van der Waals surface area contributed by atoms with Gasteiger partial charge in [0.2, 0.25) is 11.8 Å². The van der Waals surface area contributed by atoms with E-state index < -0.39 is 0 Å². The number of aromatic nitrogens is 2. The zero-order chi connectivity index (χ0) is 19.9. The molecule has 0 aliphatic carbocycles. The van der Waals surface area contributed by atoms with Gasteiger partial charge in [0.1, 0.15) is 11.5 Å². The van der Waals surface area contributed by atoms with Gasteiger partial charge in [0, 0.05) is 17.9 Å². The zero-order valence-electron chi connectivity index (χ0n) is 15.6. The predicted molar refractivity (Wildman–Crippen MR) is 105 cm³/mol. The van der Waals surface area contributed by atoms with E-state index in [2.05, 4.69) is 15.5 Å². The molecule has 3 aromatic rings. The highest BCUT2D eigenvalue weighted by Gasteiger charge is 2.12. The molecule has 0 fully saturated rings. The van der Waals surface area contributed by atoms with Crippen LogP contribution in [-0.4, -0.2) is 22.7 Å². The SMILES string of the molecule is CCOc1ccc(Oc2ccc(Cl)cc2NC(=O)CCc2nc(C)no2)cc1. The number of carbonyl (C=O) groups excluding carboxylic acids is 1. The van der Waals surface area contributed by atoms with Gasteiger partial charge < -0.3 is 19.3 Å². The second-order valence-electron chi connectivity index (χ2n) is 5.93. The average Bonchev–Trinajstić information content (AvgIpc) is 3.09. The predicted octanol–water partition coefficient (Wildman–Crippen LogP) is 4.79. The summed E-state index contributed by atoms with van der Waals surface area (Å²) in [6.45, 7) is 4.24. The molecule has 0 saturated carbocycles. The van der Waals surface area contributed by atoms with Crippen molar-refractivity contribution in [3.63, 3.8) is 0 Å². The van der Waals surface area contributed by atoms with Crippen LogP contribution in [0.5, 0.6) is 17.2 Å². The summed E-state index contributed by atoms with van der Waals surface area (Å²) in [6, 6.07) is 12.3. The van der Waals surface area contributed by atoms with Gasteiger partial charge in [-0.1, -0.05) is 16.8 Å². The molecule has 0 bridgehead atoms. The maximum atomic E-state index is 12.3. The number of carbonyl (C=O) groups is 1. The molecular weight excluding hydrogens is 382 g/mol. The fourth-order valence-electron chi connectivity index (χ4n) is 2.46. The molecule has 1 heterocycles. The third-order valence-electron chi connectivity index (χ3n) is 3.71. The van der Waals surface area contributed by atoms with Gasteiger partial charge in [-0.25, -0.2) is 0 Å². The van der Waals surface area contributed by atoms with Gasteiger partial charge in [-0.15, -0.1) is 0 Å². The molecule has 0 aliphatic rings. The molecule has 0 saturated heterocycles. The van der Waals surface area contributed by atoms with Crippen molar-refractivity contribution in [1.82, 2.24) is 10.1 Å². The number of hydrogen-bond donors (Lipinski definition) is 1. The van der Waals surface area contributed by atoms with Gasteiger partial charge in [-0.2, -0.15) is 4.98 Å². The van der Waals surface area contributed by atoms with Crippen molar-refractivity contribution in [2.45, 2.75) is 26.7 Å². The molecule has 0 radical (unpaired) electrons. The number of ether oxygens (including phenoxy) is 2. The normalized spacial score (nSPS) is 10.5. The maximum absolute atomic E-state index is 12.3. The molecular formula is C20H20ClN3O4. The summed E-state index contributed by atoms with van der Waals surface area (Å²) < 4.78 is 16.3. The third-order valence-corrected chi connectivity index (χ3v) is 3.95. The number of rotatable bonds is 8. The van der Waals surface area contributed by atoms with Crippen molar-refractivity contribution in [2.24, 2.45) is 0 Å². The Morgan fingerprint density at radius 3 is 2.61 bits per heavy atom. The summed E-state index contributed by atoms with van der Waals surface area (Å²) in [4.78, 5) is 16.4. The Labute approximate surface area is 167 Å². The quantitative estimate of drug-likeness (QED) is 0.583. The van der Waals surface area contributed by atoms with Crippen LogP contribution in [0.25, 0.3) is 0 Å². The van der Waals surface area contributed by atoms with E-state index in [1.807, 2.05) is 19.1 Å². The fourth-order valence-corrected chi connectivity index (χ4v) is 2.63. The van der Waals surface area contributed by atoms with Crippen molar-refractivity contribution in [3.05, 3.63) is 59.2 Å². The van der Waals surface area contributed by atoms with Crippen molar-refractivity contribution >= 4 is 23.2 Å². The van der Waals surface area contributed by atoms with E-state index in [0.29, 0.717) is 47.0 Å². The second-order valence-corrected chi connectivity index (χ2v) is 6.37. The molecule has 1 N–H and O–H groups in total. The van der Waals surface area contributed by atoms with Crippen LogP contribution < -0.4 is 14.8 Å². The molecule has 146 valence electrons. The number of nitrogens with zero attached hydrogens (tertiary/aromatic N) is 2. The molecule has 8 heteroatoms. The number of anilines is 1. The second kappa shape index (κ2) is 9.23. The van der Waals surface area contributed by atoms with Crippen molar-refractivity contribution < 1.29 is 18.8 Å². The molecule has 3 rings (SSSR count). The first-order valence-electron chi connectivity index (χ1n) is 8.83. The Morgan fingerprint density at radius 2 is 1.93 bits per heavy atom. The number of nitrogens with one attached hydrogen (secondary N) is 1. The third kappa shape index (κ3) is 5.47. The topological polar surface area (TPSA) is 86.5 Å². The molecule has 1 aromatic heterocycles. The molecule has 0 spiro atoms. The Balaban J connectivity index is 1.66. The lowest BCUT2D eigenvalue weighted by molar-refractivity contribution is -0.116. The van der Waals surface area contributed by atoms with Gasteiger partial charge in [0.25, 0.3) is 0 Å². The highest BCUT2D eigenvalue weighted by atomic mass is 35.5. The molecule has 1 amide bonds. The van der Waals surface area contributed by atoms with E-state index >= 15 is 0 Å². The van der Waals surface area contributed by atoms with Gasteiger partial charge in [-0.3, -0.25) is 4.79 Å². The van der Waals surface area contributed by atoms with E-state index in [0.717, 1.165) is 5.75 Å². The molecule has 0 atom stereocenters. The first kappa shape index (κ1) is 19.7. The Kier molecular flexibility index (Phi) is 6.49. The molecule has 28 heavy (non-hydrogen) atoms. The smallest absolute Gasteiger partial charge is 0.227 e. The van der Waals surface area contributed by atoms with Crippen molar-refractivity contribution in [1.29, 1.82) is 0 Å². The van der Waals surface area contributed by atoms with Gasteiger partial charge in [0.05, 0.1) is 12.3 Å². The Bertz CT molecular complexity index is 941. The van der Waals surface area contributed by atoms with Crippen LogP contribution >= 0.6 is 11.6 Å². The lowest BCUT2D eigenvalue weighted by Gasteiger charge is -2.13. The van der Waals surface area contributed by atoms with Crippen LogP contribution in [0.15, 0.2) is 47.0 Å². The average molecular weight is 402 g/mol. The minimum atomic E-state index is -0.213. The maximum Gasteiger partial charge on any atom is 0.227 e. The molecule has 7 nitrogen and oxygen atoms in total. The van der Waals surface area contributed by atoms with E-state index in [-0.39, 0.29) is 12.3 Å². The van der Waals surface area contributed by atoms with Crippen LogP contribution in [0.1, 0.15) is 25.1 Å². The molecule has 0 aliphatic heterocycles. The summed E-state index contributed by atoms with van der Waals surface area (Å²) in [6.07, 6.45) is 0.541. The standard InChI is InChI=1S/C20H20ClN3O4/c1-3-26-15-5-7-16(8-6-15)27-18-9-4-14(21)12-17(18)23-19(25)10-11-20-22-13(2)24-28-20/h4-9,12H,3,10-11H2,1-2H3,(H,23,25). The monoisotopic (exact) mass is 401 g/mol. The summed E-state index contributed by atoms with van der Waals surface area (Å²) >= 11 is 6.08. The highest BCUT2D eigenvalue weighted by Crippen LogP contribution is 2.33. The number of amides is 1. The van der Waals surface area contributed by atoms with Crippen LogP contribution in [-0.2, 0) is 11.2 Å². The van der Waals surface area contributed by atoms with Crippen molar-refractivity contribution in [3.8, 4) is 17.2 Å². The van der Waals surface area contributed by atoms with Gasteiger partial charge in [0.15, 0.2) is 11.6 Å². The highest BCUT2D eigenvalue weighted by molar-refractivity contribution is 6.31. The van der Waals surface area contributed by atoms with E-state index in [1.54, 1.807) is 37.3 Å². The summed E-state index contributed by atoms with van der Waals surface area (Å²) in [5, 5.41) is 7.01.